The van der Waals surface area contributed by atoms with E-state index < -0.39 is 0 Å². The van der Waals surface area contributed by atoms with E-state index in [0.717, 1.165) is 0 Å². The molecule has 0 saturated carbocycles. The van der Waals surface area contributed by atoms with Crippen LogP contribution in [0.25, 0.3) is 0 Å². The van der Waals surface area contributed by atoms with Crippen LogP contribution in [0.4, 0.5) is 10.1 Å². The first-order valence-corrected chi connectivity index (χ1v) is 6.40. The van der Waals surface area contributed by atoms with Crippen LogP contribution < -0.4 is 10.6 Å². The van der Waals surface area contributed by atoms with Gasteiger partial charge in [0.1, 0.15) is 5.82 Å². The fraction of sp³-hybridized carbons (Fsp3) is 0.0667. The summed E-state index contributed by atoms with van der Waals surface area (Å²) in [6.45, 7) is 1.76. The second kappa shape index (κ2) is 6.25. The molecular weight excluding hydrogens is 275 g/mol. The number of aryl methyl sites for hydroxylation is 1. The highest BCUT2D eigenvalue weighted by Gasteiger charge is 2.08. The van der Waals surface area contributed by atoms with E-state index in [2.05, 4.69) is 10.6 Å². The number of rotatable bonds is 2. The number of carbonyl (C=O) groups is 1. The molecule has 3 nitrogen and oxygen atoms in total. The van der Waals surface area contributed by atoms with Gasteiger partial charge in [-0.2, -0.15) is 0 Å². The number of hydrogen-bond donors (Lipinski definition) is 2. The van der Waals surface area contributed by atoms with Crippen molar-refractivity contribution >= 4 is 28.9 Å². The quantitative estimate of drug-likeness (QED) is 0.833. The first kappa shape index (κ1) is 14.1. The average Bonchev–Trinajstić information content (AvgIpc) is 2.43. The smallest absolute Gasteiger partial charge is 0.257 e. The first-order valence-electron chi connectivity index (χ1n) is 6.00. The maximum absolute atomic E-state index is 13.0. The molecule has 0 aliphatic rings. The Bertz CT molecular complexity index is 644. The summed E-state index contributed by atoms with van der Waals surface area (Å²) in [4.78, 5) is 11.9. The van der Waals surface area contributed by atoms with E-state index in [9.17, 15) is 9.18 Å². The molecule has 0 aliphatic carbocycles. The van der Waals surface area contributed by atoms with Gasteiger partial charge in [0, 0.05) is 11.3 Å². The molecule has 0 saturated heterocycles. The number of benzene rings is 2. The Hall–Kier alpha value is -2.27. The fourth-order valence-corrected chi connectivity index (χ4v) is 1.89. The van der Waals surface area contributed by atoms with Gasteiger partial charge < -0.3 is 5.32 Å². The summed E-state index contributed by atoms with van der Waals surface area (Å²) in [6, 6.07) is 13.1. The summed E-state index contributed by atoms with van der Waals surface area (Å²) in [5.74, 6) is -0.602. The molecule has 0 heterocycles. The predicted molar refractivity (Wildman–Crippen MR) is 81.3 cm³/mol. The molecule has 0 aliphatic heterocycles. The summed E-state index contributed by atoms with van der Waals surface area (Å²) in [7, 11) is 0. The van der Waals surface area contributed by atoms with E-state index in [0.29, 0.717) is 16.8 Å². The number of halogens is 1. The lowest BCUT2D eigenvalue weighted by Crippen LogP contribution is -2.34. The Labute approximate surface area is 121 Å². The number of amides is 1. The SMILES string of the molecule is Cc1cc(F)ccc1NC(=S)NC(=O)c1ccccc1. The van der Waals surface area contributed by atoms with Crippen molar-refractivity contribution in [3.8, 4) is 0 Å². The van der Waals surface area contributed by atoms with Gasteiger partial charge in [0.2, 0.25) is 0 Å². The molecule has 2 rings (SSSR count). The second-order valence-electron chi connectivity index (χ2n) is 4.23. The highest BCUT2D eigenvalue weighted by molar-refractivity contribution is 7.80. The van der Waals surface area contributed by atoms with E-state index in [1.54, 1.807) is 37.3 Å². The fourth-order valence-electron chi connectivity index (χ4n) is 1.69. The molecule has 2 aromatic rings. The van der Waals surface area contributed by atoms with Crippen LogP contribution >= 0.6 is 12.2 Å². The summed E-state index contributed by atoms with van der Waals surface area (Å²) in [6.07, 6.45) is 0. The minimum atomic E-state index is -0.313. The van der Waals surface area contributed by atoms with Crippen LogP contribution in [0.15, 0.2) is 48.5 Å². The zero-order chi connectivity index (χ0) is 14.5. The Kier molecular flexibility index (Phi) is 4.42. The van der Waals surface area contributed by atoms with Gasteiger partial charge in [-0.05, 0) is 55.0 Å². The van der Waals surface area contributed by atoms with E-state index in [4.69, 9.17) is 12.2 Å². The maximum atomic E-state index is 13.0. The van der Waals surface area contributed by atoms with Gasteiger partial charge in [-0.3, -0.25) is 10.1 Å². The van der Waals surface area contributed by atoms with Crippen LogP contribution in [-0.2, 0) is 0 Å². The molecule has 0 radical (unpaired) electrons. The molecule has 2 aromatic carbocycles. The molecular formula is C15H13FN2OS. The van der Waals surface area contributed by atoms with Crippen LogP contribution in [-0.4, -0.2) is 11.0 Å². The molecule has 0 aromatic heterocycles. The maximum Gasteiger partial charge on any atom is 0.257 e. The van der Waals surface area contributed by atoms with Crippen LogP contribution in [0.1, 0.15) is 15.9 Å². The molecule has 0 fully saturated rings. The molecule has 0 spiro atoms. The van der Waals surface area contributed by atoms with Gasteiger partial charge in [0.25, 0.3) is 5.91 Å². The van der Waals surface area contributed by atoms with Crippen molar-refractivity contribution in [1.82, 2.24) is 5.32 Å². The van der Waals surface area contributed by atoms with E-state index in [-0.39, 0.29) is 16.8 Å². The normalized spacial score (nSPS) is 9.90. The van der Waals surface area contributed by atoms with Gasteiger partial charge in [0.05, 0.1) is 0 Å². The molecule has 0 atom stereocenters. The second-order valence-corrected chi connectivity index (χ2v) is 4.64. The third-order valence-corrected chi connectivity index (χ3v) is 2.90. The van der Waals surface area contributed by atoms with Crippen LogP contribution in [0, 0.1) is 12.7 Å². The average molecular weight is 288 g/mol. The summed E-state index contributed by atoms with van der Waals surface area (Å²) in [5, 5.41) is 5.62. The topological polar surface area (TPSA) is 41.1 Å². The molecule has 2 N–H and O–H groups in total. The minimum Gasteiger partial charge on any atom is -0.332 e. The number of anilines is 1. The van der Waals surface area contributed by atoms with Crippen molar-refractivity contribution in [3.05, 3.63) is 65.5 Å². The molecule has 0 unspecified atom stereocenters. The number of nitrogens with one attached hydrogen (secondary N) is 2. The predicted octanol–water partition coefficient (Wildman–Crippen LogP) is 3.26. The third kappa shape index (κ3) is 3.61. The largest absolute Gasteiger partial charge is 0.332 e. The lowest BCUT2D eigenvalue weighted by Gasteiger charge is -2.11. The zero-order valence-corrected chi connectivity index (χ0v) is 11.6. The summed E-state index contributed by atoms with van der Waals surface area (Å²) < 4.78 is 13.0. The standard InChI is InChI=1S/C15H13FN2OS/c1-10-9-12(16)7-8-13(10)17-15(20)18-14(19)11-5-3-2-4-6-11/h2-9H,1H3,(H2,17,18,19,20). The Balaban J connectivity index is 2.01. The summed E-state index contributed by atoms with van der Waals surface area (Å²) in [5.41, 5.74) is 1.89. The van der Waals surface area contributed by atoms with E-state index >= 15 is 0 Å². The highest BCUT2D eigenvalue weighted by Crippen LogP contribution is 2.15. The monoisotopic (exact) mass is 288 g/mol. The lowest BCUT2D eigenvalue weighted by atomic mass is 10.2. The van der Waals surface area contributed by atoms with Gasteiger partial charge in [-0.25, -0.2) is 4.39 Å². The van der Waals surface area contributed by atoms with Crippen molar-refractivity contribution in [2.75, 3.05) is 5.32 Å². The van der Waals surface area contributed by atoms with Crippen molar-refractivity contribution in [2.24, 2.45) is 0 Å². The van der Waals surface area contributed by atoms with Crippen LogP contribution in [0.2, 0.25) is 0 Å². The van der Waals surface area contributed by atoms with E-state index in [1.165, 1.54) is 12.1 Å². The van der Waals surface area contributed by atoms with Crippen LogP contribution in [0.5, 0.6) is 0 Å². The van der Waals surface area contributed by atoms with Crippen molar-refractivity contribution in [1.29, 1.82) is 0 Å². The Morgan fingerprint density at radius 2 is 1.85 bits per heavy atom. The van der Waals surface area contributed by atoms with Gasteiger partial charge in [-0.1, -0.05) is 18.2 Å². The molecule has 0 bridgehead atoms. The van der Waals surface area contributed by atoms with E-state index in [1.807, 2.05) is 6.07 Å². The van der Waals surface area contributed by atoms with Crippen molar-refractivity contribution in [3.63, 3.8) is 0 Å². The Morgan fingerprint density at radius 3 is 2.50 bits per heavy atom. The molecule has 20 heavy (non-hydrogen) atoms. The zero-order valence-electron chi connectivity index (χ0n) is 10.8. The van der Waals surface area contributed by atoms with Crippen molar-refractivity contribution < 1.29 is 9.18 Å². The number of hydrogen-bond acceptors (Lipinski definition) is 2. The minimum absolute atomic E-state index is 0.175. The first-order chi connectivity index (χ1) is 9.56. The lowest BCUT2D eigenvalue weighted by molar-refractivity contribution is 0.0977. The number of thiocarbonyl (C=S) groups is 1. The molecule has 102 valence electrons. The number of carbonyl (C=O) groups excluding carboxylic acids is 1. The van der Waals surface area contributed by atoms with Crippen molar-refractivity contribution in [2.45, 2.75) is 6.92 Å². The summed E-state index contributed by atoms with van der Waals surface area (Å²) >= 11 is 5.07. The van der Waals surface area contributed by atoms with Crippen LogP contribution in [0.3, 0.4) is 0 Å². The van der Waals surface area contributed by atoms with Gasteiger partial charge in [0.15, 0.2) is 5.11 Å². The Morgan fingerprint density at radius 1 is 1.15 bits per heavy atom. The molecule has 5 heteroatoms. The van der Waals surface area contributed by atoms with Gasteiger partial charge in [-0.15, -0.1) is 0 Å². The van der Waals surface area contributed by atoms with Gasteiger partial charge >= 0.3 is 0 Å². The molecule has 1 amide bonds. The third-order valence-electron chi connectivity index (χ3n) is 2.70. The highest BCUT2D eigenvalue weighted by atomic mass is 32.1.